The third-order valence-electron chi connectivity index (χ3n) is 3.08. The summed E-state index contributed by atoms with van der Waals surface area (Å²) in [6.45, 7) is 0.626. The number of hydrogen-bond acceptors (Lipinski definition) is 2. The Labute approximate surface area is 164 Å². The van der Waals surface area contributed by atoms with Crippen LogP contribution in [0.5, 0.6) is 0 Å². The molecule has 2 rings (SSSR count). The molecule has 24 heavy (non-hydrogen) atoms. The van der Waals surface area contributed by atoms with Gasteiger partial charge >= 0.3 is 0 Å². The van der Waals surface area contributed by atoms with Crippen LogP contribution in [0.15, 0.2) is 46.9 Å². The molecule has 4 nitrogen and oxygen atoms in total. The highest BCUT2D eigenvalue weighted by Gasteiger charge is 2.10. The maximum atomic E-state index is 12.1. The molecule has 0 unspecified atom stereocenters. The lowest BCUT2D eigenvalue weighted by Crippen LogP contribution is -2.47. The van der Waals surface area contributed by atoms with Crippen molar-refractivity contribution in [2.75, 3.05) is 6.54 Å². The van der Waals surface area contributed by atoms with Crippen LogP contribution < -0.4 is 16.2 Å². The van der Waals surface area contributed by atoms with Gasteiger partial charge in [-0.25, -0.2) is 0 Å². The normalized spacial score (nSPS) is 10.1. The van der Waals surface area contributed by atoms with E-state index in [1.165, 1.54) is 0 Å². The van der Waals surface area contributed by atoms with E-state index in [0.29, 0.717) is 27.3 Å². The Kier molecular flexibility index (Phi) is 7.30. The average Bonchev–Trinajstić information content (AvgIpc) is 2.56. The van der Waals surface area contributed by atoms with Gasteiger partial charge in [0.25, 0.3) is 5.91 Å². The molecule has 2 aromatic rings. The van der Waals surface area contributed by atoms with E-state index in [0.717, 1.165) is 16.5 Å². The maximum absolute atomic E-state index is 12.1. The Bertz CT molecular complexity index is 741. The molecule has 0 heterocycles. The molecule has 0 aliphatic heterocycles. The highest BCUT2D eigenvalue weighted by atomic mass is 79.9. The van der Waals surface area contributed by atoms with Crippen LogP contribution in [0.2, 0.25) is 10.0 Å². The van der Waals surface area contributed by atoms with E-state index in [9.17, 15) is 4.79 Å². The fourth-order valence-electron chi connectivity index (χ4n) is 1.87. The molecule has 3 N–H and O–H groups in total. The van der Waals surface area contributed by atoms with Crippen molar-refractivity contribution in [2.24, 2.45) is 0 Å². The van der Waals surface area contributed by atoms with Gasteiger partial charge in [-0.3, -0.25) is 15.6 Å². The van der Waals surface area contributed by atoms with Crippen molar-refractivity contribution in [3.63, 3.8) is 0 Å². The quantitative estimate of drug-likeness (QED) is 0.488. The van der Waals surface area contributed by atoms with Gasteiger partial charge in [0, 0.05) is 16.0 Å². The van der Waals surface area contributed by atoms with Crippen molar-refractivity contribution in [3.8, 4) is 0 Å². The van der Waals surface area contributed by atoms with Crippen molar-refractivity contribution in [3.05, 3.63) is 68.1 Å². The average molecular weight is 447 g/mol. The van der Waals surface area contributed by atoms with Gasteiger partial charge in [0.15, 0.2) is 5.11 Å². The third-order valence-corrected chi connectivity index (χ3v) is 4.40. The molecular formula is C16H14BrCl2N3OS. The molecule has 8 heteroatoms. The SMILES string of the molecule is O=C(NNC(=S)NCCc1ccc(Cl)cc1)c1cc(Br)ccc1Cl. The number of carbonyl (C=O) groups excluding carboxylic acids is 1. The second-order valence-corrected chi connectivity index (χ2v) is 7.00. The lowest BCUT2D eigenvalue weighted by atomic mass is 10.1. The van der Waals surface area contributed by atoms with Crippen LogP contribution in [-0.4, -0.2) is 17.6 Å². The fraction of sp³-hybridized carbons (Fsp3) is 0.125. The number of thiocarbonyl (C=S) groups is 1. The van der Waals surface area contributed by atoms with Gasteiger partial charge in [-0.15, -0.1) is 0 Å². The van der Waals surface area contributed by atoms with Crippen LogP contribution in [0.3, 0.4) is 0 Å². The smallest absolute Gasteiger partial charge is 0.271 e. The number of hydrazine groups is 1. The molecule has 0 fully saturated rings. The Morgan fingerprint density at radius 1 is 1.08 bits per heavy atom. The number of rotatable bonds is 4. The van der Waals surface area contributed by atoms with Gasteiger partial charge in [0.05, 0.1) is 10.6 Å². The van der Waals surface area contributed by atoms with Crippen LogP contribution in [0.25, 0.3) is 0 Å². The number of carbonyl (C=O) groups is 1. The topological polar surface area (TPSA) is 53.2 Å². The Hall–Kier alpha value is -1.34. The second-order valence-electron chi connectivity index (χ2n) is 4.84. The standard InChI is InChI=1S/C16H14BrCl2N3OS/c17-11-3-6-14(19)13(9-11)15(23)21-22-16(24)20-8-7-10-1-4-12(18)5-2-10/h1-6,9H,7-8H2,(H,21,23)(H2,20,22,24). The first-order valence-corrected chi connectivity index (χ1v) is 8.95. The number of halogens is 3. The van der Waals surface area contributed by atoms with Gasteiger partial charge in [-0.2, -0.15) is 0 Å². The summed E-state index contributed by atoms with van der Waals surface area (Å²) in [6, 6.07) is 12.6. The lowest BCUT2D eigenvalue weighted by Gasteiger charge is -2.12. The van der Waals surface area contributed by atoms with Crippen molar-refractivity contribution in [2.45, 2.75) is 6.42 Å². The van der Waals surface area contributed by atoms with Gasteiger partial charge in [-0.05, 0) is 54.5 Å². The molecule has 2 aromatic carbocycles. The van der Waals surface area contributed by atoms with Crippen molar-refractivity contribution in [1.82, 2.24) is 16.2 Å². The molecule has 0 aliphatic rings. The molecule has 0 radical (unpaired) electrons. The summed E-state index contributed by atoms with van der Waals surface area (Å²) in [5.41, 5.74) is 6.64. The molecule has 0 spiro atoms. The number of benzene rings is 2. The molecule has 126 valence electrons. The first-order chi connectivity index (χ1) is 11.5. The van der Waals surface area contributed by atoms with Crippen LogP contribution in [0, 0.1) is 0 Å². The van der Waals surface area contributed by atoms with Crippen LogP contribution in [0.4, 0.5) is 0 Å². The highest BCUT2D eigenvalue weighted by molar-refractivity contribution is 9.10. The first-order valence-electron chi connectivity index (χ1n) is 6.99. The summed E-state index contributed by atoms with van der Waals surface area (Å²) >= 11 is 20.3. The van der Waals surface area contributed by atoms with Crippen molar-refractivity contribution < 1.29 is 4.79 Å². The van der Waals surface area contributed by atoms with Crippen LogP contribution in [-0.2, 0) is 6.42 Å². The van der Waals surface area contributed by atoms with Gasteiger partial charge in [0.1, 0.15) is 0 Å². The largest absolute Gasteiger partial charge is 0.361 e. The predicted molar refractivity (Wildman–Crippen MR) is 106 cm³/mol. The number of amides is 1. The van der Waals surface area contributed by atoms with E-state index in [1.807, 2.05) is 24.3 Å². The molecule has 0 atom stereocenters. The first kappa shape index (κ1) is 19.0. The third kappa shape index (κ3) is 5.94. The zero-order chi connectivity index (χ0) is 17.5. The summed E-state index contributed by atoms with van der Waals surface area (Å²) in [6.07, 6.45) is 0.782. The molecule has 0 aliphatic carbocycles. The Balaban J connectivity index is 1.75. The van der Waals surface area contributed by atoms with Crippen molar-refractivity contribution in [1.29, 1.82) is 0 Å². The number of nitrogens with one attached hydrogen (secondary N) is 3. The van der Waals surface area contributed by atoms with E-state index in [2.05, 4.69) is 32.1 Å². The summed E-state index contributed by atoms with van der Waals surface area (Å²) in [5, 5.41) is 4.40. The lowest BCUT2D eigenvalue weighted by molar-refractivity contribution is 0.0944. The van der Waals surface area contributed by atoms with E-state index in [1.54, 1.807) is 18.2 Å². The van der Waals surface area contributed by atoms with Gasteiger partial charge in [-0.1, -0.05) is 51.3 Å². The minimum Gasteiger partial charge on any atom is -0.361 e. The predicted octanol–water partition coefficient (Wildman–Crippen LogP) is 4.11. The fourth-order valence-corrected chi connectivity index (χ4v) is 2.71. The molecule has 0 bridgehead atoms. The minimum atomic E-state index is -0.372. The Morgan fingerprint density at radius 2 is 1.79 bits per heavy atom. The number of hydrogen-bond donors (Lipinski definition) is 3. The summed E-state index contributed by atoms with van der Waals surface area (Å²) in [7, 11) is 0. The van der Waals surface area contributed by atoms with Gasteiger partial charge in [0.2, 0.25) is 0 Å². The molecule has 0 saturated heterocycles. The van der Waals surface area contributed by atoms with Gasteiger partial charge < -0.3 is 5.32 Å². The van der Waals surface area contributed by atoms with E-state index in [-0.39, 0.29) is 5.91 Å². The summed E-state index contributed by atoms with van der Waals surface area (Å²) in [4.78, 5) is 12.1. The zero-order valence-corrected chi connectivity index (χ0v) is 16.3. The highest BCUT2D eigenvalue weighted by Crippen LogP contribution is 2.20. The summed E-state index contributed by atoms with van der Waals surface area (Å²) in [5.74, 6) is -0.372. The molecule has 0 aromatic heterocycles. The van der Waals surface area contributed by atoms with Crippen LogP contribution in [0.1, 0.15) is 15.9 Å². The minimum absolute atomic E-state index is 0.323. The Morgan fingerprint density at radius 3 is 2.50 bits per heavy atom. The molecule has 0 saturated carbocycles. The van der Waals surface area contributed by atoms with E-state index in [4.69, 9.17) is 35.4 Å². The monoisotopic (exact) mass is 445 g/mol. The van der Waals surface area contributed by atoms with E-state index >= 15 is 0 Å². The van der Waals surface area contributed by atoms with Crippen LogP contribution >= 0.6 is 51.3 Å². The molecule has 1 amide bonds. The van der Waals surface area contributed by atoms with E-state index < -0.39 is 0 Å². The summed E-state index contributed by atoms with van der Waals surface area (Å²) < 4.78 is 0.765. The zero-order valence-electron chi connectivity index (χ0n) is 12.4. The van der Waals surface area contributed by atoms with Crippen molar-refractivity contribution >= 4 is 62.4 Å². The maximum Gasteiger partial charge on any atom is 0.271 e. The second kappa shape index (κ2) is 9.22. The molecular weight excluding hydrogens is 433 g/mol.